The largest absolute Gasteiger partial charge is 0.450 e. The number of alkyl carbamates (subject to hydrolysis) is 1. The molecule has 2 atom stereocenters. The van der Waals surface area contributed by atoms with E-state index in [2.05, 4.69) is 58.5 Å². The third-order valence-corrected chi connectivity index (χ3v) is 4.48. The number of ether oxygens (including phenoxy) is 1. The number of guanidine groups is 1. The van der Waals surface area contributed by atoms with Gasteiger partial charge in [-0.2, -0.15) is 11.3 Å². The molecule has 0 saturated carbocycles. The van der Waals surface area contributed by atoms with E-state index in [1.807, 2.05) is 0 Å². The minimum absolute atomic E-state index is 0.00750. The SMILES string of the molecule is CCOC(=O)NC(CNC(=NC)NCC(C)c1ccsc1)CC(C)C. The van der Waals surface area contributed by atoms with Crippen LogP contribution in [0, 0.1) is 5.92 Å². The van der Waals surface area contributed by atoms with Gasteiger partial charge in [-0.05, 0) is 47.6 Å². The molecule has 2 unspecified atom stereocenters. The third kappa shape index (κ3) is 8.77. The summed E-state index contributed by atoms with van der Waals surface area (Å²) < 4.78 is 4.98. The van der Waals surface area contributed by atoms with Gasteiger partial charge in [0.2, 0.25) is 0 Å². The Hall–Kier alpha value is -1.76. The van der Waals surface area contributed by atoms with E-state index in [9.17, 15) is 4.79 Å². The Labute approximate surface area is 155 Å². The van der Waals surface area contributed by atoms with Crippen LogP contribution in [0.15, 0.2) is 21.8 Å². The summed E-state index contributed by atoms with van der Waals surface area (Å²) in [6.07, 6.45) is 0.498. The van der Waals surface area contributed by atoms with Crippen molar-refractivity contribution in [2.45, 2.75) is 46.1 Å². The number of nitrogens with zero attached hydrogens (tertiary/aromatic N) is 1. The van der Waals surface area contributed by atoms with Gasteiger partial charge in [-0.1, -0.05) is 20.8 Å². The van der Waals surface area contributed by atoms with Crippen LogP contribution in [0.4, 0.5) is 4.79 Å². The molecule has 0 aliphatic carbocycles. The van der Waals surface area contributed by atoms with Gasteiger partial charge in [-0.25, -0.2) is 4.79 Å². The maximum Gasteiger partial charge on any atom is 0.407 e. The number of rotatable bonds is 9. The molecule has 0 radical (unpaired) electrons. The van der Waals surface area contributed by atoms with E-state index < -0.39 is 0 Å². The minimum Gasteiger partial charge on any atom is -0.450 e. The van der Waals surface area contributed by atoms with E-state index in [4.69, 9.17) is 4.74 Å². The van der Waals surface area contributed by atoms with Gasteiger partial charge in [-0.15, -0.1) is 0 Å². The van der Waals surface area contributed by atoms with Gasteiger partial charge >= 0.3 is 6.09 Å². The molecule has 1 heterocycles. The lowest BCUT2D eigenvalue weighted by Gasteiger charge is -2.22. The molecule has 3 N–H and O–H groups in total. The molecule has 1 aromatic rings. The van der Waals surface area contributed by atoms with Crippen LogP contribution in [0.25, 0.3) is 0 Å². The van der Waals surface area contributed by atoms with Crippen LogP contribution in [0.2, 0.25) is 0 Å². The molecule has 0 fully saturated rings. The Kier molecular flexibility index (Phi) is 9.99. The Balaban J connectivity index is 2.46. The molecule has 142 valence electrons. The fourth-order valence-electron chi connectivity index (χ4n) is 2.47. The van der Waals surface area contributed by atoms with Crippen molar-refractivity contribution in [2.24, 2.45) is 10.9 Å². The van der Waals surface area contributed by atoms with Gasteiger partial charge in [0.25, 0.3) is 0 Å². The molecule has 0 aliphatic rings. The van der Waals surface area contributed by atoms with Crippen LogP contribution in [0.3, 0.4) is 0 Å². The van der Waals surface area contributed by atoms with E-state index in [0.717, 1.165) is 18.9 Å². The van der Waals surface area contributed by atoms with E-state index in [-0.39, 0.29) is 12.1 Å². The lowest BCUT2D eigenvalue weighted by molar-refractivity contribution is 0.146. The zero-order chi connectivity index (χ0) is 18.7. The molecule has 1 aromatic heterocycles. The van der Waals surface area contributed by atoms with Crippen molar-refractivity contribution in [1.29, 1.82) is 0 Å². The standard InChI is InChI=1S/C18H32N4O2S/c1-6-24-18(23)22-16(9-13(2)3)11-21-17(19-5)20-10-14(4)15-7-8-25-12-15/h7-8,12-14,16H,6,9-11H2,1-5H3,(H,22,23)(H2,19,20,21). The Morgan fingerprint density at radius 3 is 2.56 bits per heavy atom. The van der Waals surface area contributed by atoms with Crippen molar-refractivity contribution in [3.8, 4) is 0 Å². The van der Waals surface area contributed by atoms with E-state index in [0.29, 0.717) is 25.0 Å². The summed E-state index contributed by atoms with van der Waals surface area (Å²) in [6.45, 7) is 10.0. The zero-order valence-corrected chi connectivity index (χ0v) is 16.8. The highest BCUT2D eigenvalue weighted by atomic mass is 32.1. The number of hydrogen-bond acceptors (Lipinski definition) is 4. The Bertz CT molecular complexity index is 517. The number of nitrogens with one attached hydrogen (secondary N) is 3. The maximum atomic E-state index is 11.7. The lowest BCUT2D eigenvalue weighted by Crippen LogP contribution is -2.48. The van der Waals surface area contributed by atoms with Gasteiger partial charge in [-0.3, -0.25) is 4.99 Å². The number of carbonyl (C=O) groups is 1. The molecule has 1 amide bonds. The number of aliphatic imine (C=N–C) groups is 1. The molecule has 0 aliphatic heterocycles. The van der Waals surface area contributed by atoms with Gasteiger partial charge < -0.3 is 20.7 Å². The van der Waals surface area contributed by atoms with Crippen molar-refractivity contribution in [2.75, 3.05) is 26.7 Å². The molecule has 1 rings (SSSR count). The maximum absolute atomic E-state index is 11.7. The Morgan fingerprint density at radius 2 is 2.00 bits per heavy atom. The normalized spacial score (nSPS) is 14.1. The third-order valence-electron chi connectivity index (χ3n) is 3.78. The molecule has 0 saturated heterocycles. The first-order valence-electron chi connectivity index (χ1n) is 8.86. The second-order valence-electron chi connectivity index (χ2n) is 6.48. The average Bonchev–Trinajstić information content (AvgIpc) is 3.08. The summed E-state index contributed by atoms with van der Waals surface area (Å²) in [4.78, 5) is 16.0. The molecular weight excluding hydrogens is 336 g/mol. The lowest BCUT2D eigenvalue weighted by atomic mass is 10.0. The van der Waals surface area contributed by atoms with Crippen LogP contribution < -0.4 is 16.0 Å². The van der Waals surface area contributed by atoms with E-state index in [1.165, 1.54) is 5.56 Å². The molecular formula is C18H32N4O2S. The molecule has 7 heteroatoms. The van der Waals surface area contributed by atoms with Crippen LogP contribution in [0.5, 0.6) is 0 Å². The topological polar surface area (TPSA) is 74.8 Å². The summed E-state index contributed by atoms with van der Waals surface area (Å²) in [6, 6.07) is 2.14. The van der Waals surface area contributed by atoms with E-state index >= 15 is 0 Å². The first-order chi connectivity index (χ1) is 12.0. The minimum atomic E-state index is -0.371. The van der Waals surface area contributed by atoms with Crippen molar-refractivity contribution in [1.82, 2.24) is 16.0 Å². The smallest absolute Gasteiger partial charge is 0.407 e. The summed E-state index contributed by atoms with van der Waals surface area (Å²) in [5.41, 5.74) is 1.33. The fourth-order valence-corrected chi connectivity index (χ4v) is 3.25. The highest BCUT2D eigenvalue weighted by Crippen LogP contribution is 2.16. The van der Waals surface area contributed by atoms with Crippen molar-refractivity contribution >= 4 is 23.4 Å². The number of thiophene rings is 1. The van der Waals surface area contributed by atoms with Crippen molar-refractivity contribution < 1.29 is 9.53 Å². The average molecular weight is 369 g/mol. The first-order valence-corrected chi connectivity index (χ1v) is 9.80. The fraction of sp³-hybridized carbons (Fsp3) is 0.667. The molecule has 0 spiro atoms. The highest BCUT2D eigenvalue weighted by molar-refractivity contribution is 7.07. The summed E-state index contributed by atoms with van der Waals surface area (Å²) in [5, 5.41) is 13.8. The molecule has 25 heavy (non-hydrogen) atoms. The van der Waals surface area contributed by atoms with Crippen LogP contribution in [-0.2, 0) is 4.74 Å². The highest BCUT2D eigenvalue weighted by Gasteiger charge is 2.15. The van der Waals surface area contributed by atoms with E-state index in [1.54, 1.807) is 25.3 Å². The predicted octanol–water partition coefficient (Wildman–Crippen LogP) is 3.18. The molecule has 0 bridgehead atoms. The Morgan fingerprint density at radius 1 is 1.28 bits per heavy atom. The summed E-state index contributed by atoms with van der Waals surface area (Å²) in [7, 11) is 1.75. The van der Waals surface area contributed by atoms with Crippen LogP contribution in [-0.4, -0.2) is 44.8 Å². The van der Waals surface area contributed by atoms with Gasteiger partial charge in [0.05, 0.1) is 6.61 Å². The van der Waals surface area contributed by atoms with Gasteiger partial charge in [0, 0.05) is 26.2 Å². The molecule has 0 aromatic carbocycles. The summed E-state index contributed by atoms with van der Waals surface area (Å²) in [5.74, 6) is 1.62. The van der Waals surface area contributed by atoms with Crippen LogP contribution in [0.1, 0.15) is 45.6 Å². The monoisotopic (exact) mass is 368 g/mol. The number of hydrogen-bond donors (Lipinski definition) is 3. The zero-order valence-electron chi connectivity index (χ0n) is 16.0. The van der Waals surface area contributed by atoms with Gasteiger partial charge in [0.15, 0.2) is 5.96 Å². The second kappa shape index (κ2) is 11.7. The first kappa shape index (κ1) is 21.3. The van der Waals surface area contributed by atoms with Gasteiger partial charge in [0.1, 0.15) is 0 Å². The quantitative estimate of drug-likeness (QED) is 0.462. The second-order valence-corrected chi connectivity index (χ2v) is 7.26. The summed E-state index contributed by atoms with van der Waals surface area (Å²) >= 11 is 1.71. The van der Waals surface area contributed by atoms with Crippen LogP contribution >= 0.6 is 11.3 Å². The van der Waals surface area contributed by atoms with Crippen molar-refractivity contribution in [3.63, 3.8) is 0 Å². The predicted molar refractivity (Wildman–Crippen MR) is 105 cm³/mol. The number of amides is 1. The van der Waals surface area contributed by atoms with Crippen molar-refractivity contribution in [3.05, 3.63) is 22.4 Å². The number of carbonyl (C=O) groups excluding carboxylic acids is 1. The molecule has 6 nitrogen and oxygen atoms in total.